The fraction of sp³-hybridized carbons (Fsp3) is 0.391. The topological polar surface area (TPSA) is 77.1 Å². The Hall–Kier alpha value is -3.22. The van der Waals surface area contributed by atoms with Crippen molar-refractivity contribution in [1.29, 1.82) is 0 Å². The summed E-state index contributed by atoms with van der Waals surface area (Å²) in [6.45, 7) is 4.41. The number of rotatable bonds is 10. The van der Waals surface area contributed by atoms with Crippen molar-refractivity contribution in [1.82, 2.24) is 10.2 Å². The van der Waals surface area contributed by atoms with Crippen LogP contribution in [0.1, 0.15) is 25.0 Å². The molecule has 0 saturated heterocycles. The Balaban J connectivity index is 2.25. The van der Waals surface area contributed by atoms with Gasteiger partial charge in [0.15, 0.2) is 11.5 Å². The number of benzene rings is 2. The minimum absolute atomic E-state index is 0.139. The molecule has 7 nitrogen and oxygen atoms in total. The molecule has 0 spiro atoms. The van der Waals surface area contributed by atoms with Crippen molar-refractivity contribution in [3.05, 3.63) is 53.6 Å². The molecule has 0 saturated carbocycles. The number of carbonyl (C=O) groups is 2. The molecule has 2 amide bonds. The van der Waals surface area contributed by atoms with E-state index in [1.165, 1.54) is 0 Å². The summed E-state index contributed by atoms with van der Waals surface area (Å²) in [5.41, 5.74) is 1.69. The molecule has 2 rings (SSSR count). The Labute approximate surface area is 177 Å². The number of hydrogen-bond acceptors (Lipinski definition) is 5. The average Bonchev–Trinajstić information content (AvgIpc) is 2.77. The van der Waals surface area contributed by atoms with E-state index in [0.29, 0.717) is 24.6 Å². The normalized spacial score (nSPS) is 11.4. The fourth-order valence-corrected chi connectivity index (χ4v) is 3.10. The maximum Gasteiger partial charge on any atom is 0.242 e. The quantitative estimate of drug-likeness (QED) is 0.647. The van der Waals surface area contributed by atoms with Crippen LogP contribution in [0.25, 0.3) is 0 Å². The van der Waals surface area contributed by atoms with Gasteiger partial charge in [0.05, 0.1) is 27.8 Å². The van der Waals surface area contributed by atoms with Gasteiger partial charge in [0.1, 0.15) is 11.8 Å². The molecule has 2 aromatic rings. The number of amides is 2. The summed E-state index contributed by atoms with van der Waals surface area (Å²) in [7, 11) is 4.72. The molecule has 30 heavy (non-hydrogen) atoms. The number of ether oxygens (including phenoxy) is 3. The van der Waals surface area contributed by atoms with E-state index < -0.39 is 6.04 Å². The van der Waals surface area contributed by atoms with Crippen LogP contribution in [-0.4, -0.2) is 50.6 Å². The lowest BCUT2D eigenvalue weighted by atomic mass is 10.1. The summed E-state index contributed by atoms with van der Waals surface area (Å²) in [5.74, 6) is 1.54. The molecule has 0 fully saturated rings. The van der Waals surface area contributed by atoms with Crippen molar-refractivity contribution >= 4 is 11.8 Å². The average molecular weight is 415 g/mol. The molecule has 0 aliphatic heterocycles. The maximum absolute atomic E-state index is 13.2. The second-order valence-corrected chi connectivity index (χ2v) is 6.81. The summed E-state index contributed by atoms with van der Waals surface area (Å²) >= 11 is 0. The van der Waals surface area contributed by atoms with Crippen molar-refractivity contribution in [3.63, 3.8) is 0 Å². The van der Waals surface area contributed by atoms with E-state index in [-0.39, 0.29) is 18.2 Å². The van der Waals surface area contributed by atoms with Gasteiger partial charge in [-0.3, -0.25) is 9.59 Å². The fourth-order valence-electron chi connectivity index (χ4n) is 3.10. The van der Waals surface area contributed by atoms with Crippen molar-refractivity contribution in [3.8, 4) is 17.2 Å². The number of hydrogen-bond donors (Lipinski definition) is 1. The first-order valence-electron chi connectivity index (χ1n) is 9.84. The van der Waals surface area contributed by atoms with Crippen LogP contribution in [-0.2, 0) is 22.6 Å². The van der Waals surface area contributed by atoms with Gasteiger partial charge >= 0.3 is 0 Å². The Morgan fingerprint density at radius 3 is 2.13 bits per heavy atom. The summed E-state index contributed by atoms with van der Waals surface area (Å²) in [4.78, 5) is 27.2. The molecular weight excluding hydrogens is 384 g/mol. The summed E-state index contributed by atoms with van der Waals surface area (Å²) < 4.78 is 15.8. The standard InChI is InChI=1S/C23H30N2O5/c1-6-24-23(27)16(2)25(15-17-7-10-19(28-3)11-8-17)22(26)14-18-9-12-20(29-4)21(13-18)30-5/h7-13,16H,6,14-15H2,1-5H3,(H,24,27)/t16-/m1/s1. The lowest BCUT2D eigenvalue weighted by Crippen LogP contribution is -2.48. The van der Waals surface area contributed by atoms with Crippen molar-refractivity contribution < 1.29 is 23.8 Å². The number of likely N-dealkylation sites (N-methyl/N-ethyl adjacent to an activating group) is 1. The summed E-state index contributed by atoms with van der Waals surface area (Å²) in [5, 5.41) is 2.79. The van der Waals surface area contributed by atoms with E-state index >= 15 is 0 Å². The van der Waals surface area contributed by atoms with Crippen molar-refractivity contribution in [2.75, 3.05) is 27.9 Å². The van der Waals surface area contributed by atoms with Crippen LogP contribution in [0.15, 0.2) is 42.5 Å². The third-order valence-corrected chi connectivity index (χ3v) is 4.83. The third-order valence-electron chi connectivity index (χ3n) is 4.83. The number of nitrogens with zero attached hydrogens (tertiary/aromatic N) is 1. The van der Waals surface area contributed by atoms with Crippen LogP contribution >= 0.6 is 0 Å². The van der Waals surface area contributed by atoms with Crippen LogP contribution in [0.3, 0.4) is 0 Å². The highest BCUT2D eigenvalue weighted by molar-refractivity contribution is 5.88. The zero-order valence-electron chi connectivity index (χ0n) is 18.2. The van der Waals surface area contributed by atoms with Gasteiger partial charge in [-0.05, 0) is 49.2 Å². The molecule has 0 aromatic heterocycles. The zero-order chi connectivity index (χ0) is 22.1. The lowest BCUT2D eigenvalue weighted by molar-refractivity contribution is -0.140. The Bertz CT molecular complexity index is 851. The Morgan fingerprint density at radius 1 is 0.933 bits per heavy atom. The van der Waals surface area contributed by atoms with E-state index in [1.54, 1.807) is 45.3 Å². The smallest absolute Gasteiger partial charge is 0.242 e. The van der Waals surface area contributed by atoms with Crippen LogP contribution in [0.2, 0.25) is 0 Å². The van der Waals surface area contributed by atoms with Gasteiger partial charge in [0.2, 0.25) is 11.8 Å². The van der Waals surface area contributed by atoms with E-state index in [2.05, 4.69) is 5.32 Å². The monoisotopic (exact) mass is 414 g/mol. The third kappa shape index (κ3) is 5.89. The van der Waals surface area contributed by atoms with Crippen molar-refractivity contribution in [2.24, 2.45) is 0 Å². The van der Waals surface area contributed by atoms with Crippen LogP contribution in [0.4, 0.5) is 0 Å². The summed E-state index contributed by atoms with van der Waals surface area (Å²) in [6, 6.07) is 12.2. The predicted octanol–water partition coefficient (Wildman–Crippen LogP) is 2.81. The first-order chi connectivity index (χ1) is 14.4. The van der Waals surface area contributed by atoms with Gasteiger partial charge in [-0.15, -0.1) is 0 Å². The van der Waals surface area contributed by atoms with Crippen LogP contribution in [0.5, 0.6) is 17.2 Å². The van der Waals surface area contributed by atoms with E-state index in [4.69, 9.17) is 14.2 Å². The van der Waals surface area contributed by atoms with Gasteiger partial charge < -0.3 is 24.4 Å². The van der Waals surface area contributed by atoms with Crippen molar-refractivity contribution in [2.45, 2.75) is 32.9 Å². The molecule has 162 valence electrons. The molecule has 0 bridgehead atoms. The Kier molecular flexibility index (Phi) is 8.53. The molecule has 1 N–H and O–H groups in total. The molecule has 0 unspecified atom stereocenters. The molecule has 1 atom stereocenters. The SMILES string of the molecule is CCNC(=O)[C@@H](C)N(Cc1ccc(OC)cc1)C(=O)Cc1ccc(OC)c(OC)c1. The highest BCUT2D eigenvalue weighted by atomic mass is 16.5. The number of nitrogens with one attached hydrogen (secondary N) is 1. The highest BCUT2D eigenvalue weighted by Crippen LogP contribution is 2.28. The van der Waals surface area contributed by atoms with E-state index in [1.807, 2.05) is 37.3 Å². The summed E-state index contributed by atoms with van der Waals surface area (Å²) in [6.07, 6.45) is 0.139. The van der Waals surface area contributed by atoms with Gasteiger partial charge in [0.25, 0.3) is 0 Å². The zero-order valence-corrected chi connectivity index (χ0v) is 18.2. The number of methoxy groups -OCH3 is 3. The Morgan fingerprint density at radius 2 is 1.57 bits per heavy atom. The number of carbonyl (C=O) groups excluding carboxylic acids is 2. The second kappa shape index (κ2) is 11.1. The van der Waals surface area contributed by atoms with E-state index in [9.17, 15) is 9.59 Å². The molecule has 0 aliphatic rings. The molecule has 0 heterocycles. The van der Waals surface area contributed by atoms with Gasteiger partial charge in [-0.2, -0.15) is 0 Å². The van der Waals surface area contributed by atoms with Gasteiger partial charge in [-0.1, -0.05) is 18.2 Å². The maximum atomic E-state index is 13.2. The lowest BCUT2D eigenvalue weighted by Gasteiger charge is -2.29. The first kappa shape index (κ1) is 23.1. The largest absolute Gasteiger partial charge is 0.497 e. The highest BCUT2D eigenvalue weighted by Gasteiger charge is 2.26. The minimum atomic E-state index is -0.611. The molecule has 2 aromatic carbocycles. The van der Waals surface area contributed by atoms with Crippen LogP contribution < -0.4 is 19.5 Å². The first-order valence-corrected chi connectivity index (χ1v) is 9.84. The molecular formula is C23H30N2O5. The van der Waals surface area contributed by atoms with E-state index in [0.717, 1.165) is 16.9 Å². The van der Waals surface area contributed by atoms with Gasteiger partial charge in [0, 0.05) is 13.1 Å². The van der Waals surface area contributed by atoms with Crippen LogP contribution in [0, 0.1) is 0 Å². The predicted molar refractivity (Wildman–Crippen MR) is 115 cm³/mol. The van der Waals surface area contributed by atoms with Gasteiger partial charge in [-0.25, -0.2) is 0 Å². The molecule has 0 radical (unpaired) electrons. The second-order valence-electron chi connectivity index (χ2n) is 6.81. The molecule has 7 heteroatoms. The molecule has 0 aliphatic carbocycles. The minimum Gasteiger partial charge on any atom is -0.497 e.